The Bertz CT molecular complexity index is 770. The van der Waals surface area contributed by atoms with E-state index >= 15 is 0 Å². The molecule has 0 amide bonds. The first kappa shape index (κ1) is 29.0. The Hall–Kier alpha value is -1.07. The first-order chi connectivity index (χ1) is 14.9. The van der Waals surface area contributed by atoms with Crippen molar-refractivity contribution in [2.45, 2.75) is 117 Å². The molecule has 0 spiro atoms. The second-order valence-electron chi connectivity index (χ2n) is 10.7. The molecule has 0 saturated heterocycles. The third-order valence-electron chi connectivity index (χ3n) is 6.84. The largest absolute Gasteiger partial charge is 0.508 e. The fourth-order valence-corrected chi connectivity index (χ4v) is 5.66. The SMILES string of the molecule is Cc1ccc(O)c(CCC(C)CCCC(C)CCCC(C)CCCC(C)C)c1S(=O)(=O)O. The molecule has 1 aromatic rings. The van der Waals surface area contributed by atoms with E-state index in [1.54, 1.807) is 6.92 Å². The standard InChI is InChI=1S/C27H48O4S/c1-20(2)10-7-11-21(3)12-8-13-22(4)14-9-15-23(5)16-18-25-26(28)19-17-24(6)27(25)32(29,30)31/h17,19-23,28H,7-16,18H2,1-6H3,(H,29,30,31). The molecule has 0 fully saturated rings. The summed E-state index contributed by atoms with van der Waals surface area (Å²) in [5, 5.41) is 10.2. The second-order valence-corrected chi connectivity index (χ2v) is 12.1. The maximum Gasteiger partial charge on any atom is 0.295 e. The quantitative estimate of drug-likeness (QED) is 0.241. The molecule has 0 aliphatic heterocycles. The zero-order chi connectivity index (χ0) is 24.3. The molecule has 0 aromatic heterocycles. The van der Waals surface area contributed by atoms with E-state index in [-0.39, 0.29) is 10.6 Å². The fraction of sp³-hybridized carbons (Fsp3) is 0.778. The van der Waals surface area contributed by atoms with E-state index in [4.69, 9.17) is 0 Å². The van der Waals surface area contributed by atoms with Crippen LogP contribution >= 0.6 is 0 Å². The number of rotatable bonds is 16. The molecular formula is C27H48O4S. The summed E-state index contributed by atoms with van der Waals surface area (Å²) in [6.07, 6.45) is 12.8. The van der Waals surface area contributed by atoms with Crippen LogP contribution in [0.5, 0.6) is 5.75 Å². The van der Waals surface area contributed by atoms with Gasteiger partial charge in [-0.3, -0.25) is 4.55 Å². The van der Waals surface area contributed by atoms with Crippen LogP contribution in [-0.4, -0.2) is 18.1 Å². The van der Waals surface area contributed by atoms with Crippen LogP contribution in [0.25, 0.3) is 0 Å². The molecule has 0 heterocycles. The molecule has 0 radical (unpaired) electrons. The predicted molar refractivity (Wildman–Crippen MR) is 135 cm³/mol. The summed E-state index contributed by atoms with van der Waals surface area (Å²) in [5.74, 6) is 2.79. The number of hydrogen-bond acceptors (Lipinski definition) is 3. The maximum absolute atomic E-state index is 11.8. The van der Waals surface area contributed by atoms with E-state index in [1.165, 1.54) is 63.5 Å². The Morgan fingerprint density at radius 2 is 1.19 bits per heavy atom. The molecule has 4 nitrogen and oxygen atoms in total. The topological polar surface area (TPSA) is 74.6 Å². The van der Waals surface area contributed by atoms with Crippen molar-refractivity contribution in [1.29, 1.82) is 0 Å². The zero-order valence-corrected chi connectivity index (χ0v) is 22.2. The van der Waals surface area contributed by atoms with Gasteiger partial charge in [0.25, 0.3) is 10.1 Å². The van der Waals surface area contributed by atoms with E-state index in [2.05, 4.69) is 34.6 Å². The van der Waals surface area contributed by atoms with Crippen molar-refractivity contribution in [2.75, 3.05) is 0 Å². The van der Waals surface area contributed by atoms with Crippen LogP contribution in [0.4, 0.5) is 0 Å². The molecule has 0 bridgehead atoms. The van der Waals surface area contributed by atoms with Gasteiger partial charge in [0.05, 0.1) is 0 Å². The summed E-state index contributed by atoms with van der Waals surface area (Å²) in [6, 6.07) is 3.04. The van der Waals surface area contributed by atoms with Gasteiger partial charge in [0.1, 0.15) is 10.6 Å². The van der Waals surface area contributed by atoms with Crippen LogP contribution in [0.1, 0.15) is 110 Å². The minimum Gasteiger partial charge on any atom is -0.508 e. The highest BCUT2D eigenvalue weighted by atomic mass is 32.2. The van der Waals surface area contributed by atoms with Gasteiger partial charge in [-0.15, -0.1) is 0 Å². The molecule has 1 aromatic carbocycles. The van der Waals surface area contributed by atoms with E-state index in [9.17, 15) is 18.1 Å². The first-order valence-electron chi connectivity index (χ1n) is 12.7. The van der Waals surface area contributed by atoms with Crippen molar-refractivity contribution in [1.82, 2.24) is 0 Å². The average molecular weight is 469 g/mol. The van der Waals surface area contributed by atoms with Gasteiger partial charge >= 0.3 is 0 Å². The van der Waals surface area contributed by atoms with Crippen molar-refractivity contribution in [2.24, 2.45) is 23.7 Å². The summed E-state index contributed by atoms with van der Waals surface area (Å²) >= 11 is 0. The van der Waals surface area contributed by atoms with Crippen LogP contribution in [0.3, 0.4) is 0 Å². The zero-order valence-electron chi connectivity index (χ0n) is 21.4. The summed E-state index contributed by atoms with van der Waals surface area (Å²) in [4.78, 5) is -0.128. The van der Waals surface area contributed by atoms with Crippen LogP contribution in [0.15, 0.2) is 17.0 Å². The lowest BCUT2D eigenvalue weighted by Gasteiger charge is -2.17. The molecule has 3 unspecified atom stereocenters. The third kappa shape index (κ3) is 11.2. The third-order valence-corrected chi connectivity index (χ3v) is 7.93. The van der Waals surface area contributed by atoms with Gasteiger partial charge in [0.2, 0.25) is 0 Å². The number of hydrogen-bond donors (Lipinski definition) is 2. The highest BCUT2D eigenvalue weighted by molar-refractivity contribution is 7.86. The molecule has 0 saturated carbocycles. The summed E-state index contributed by atoms with van der Waals surface area (Å²) in [7, 11) is -4.35. The molecular weight excluding hydrogens is 420 g/mol. The highest BCUT2D eigenvalue weighted by Gasteiger charge is 2.21. The van der Waals surface area contributed by atoms with Crippen LogP contribution in [0, 0.1) is 30.6 Å². The Morgan fingerprint density at radius 1 is 0.750 bits per heavy atom. The highest BCUT2D eigenvalue weighted by Crippen LogP contribution is 2.31. The average Bonchev–Trinajstić information content (AvgIpc) is 2.67. The first-order valence-corrected chi connectivity index (χ1v) is 14.1. The van der Waals surface area contributed by atoms with Crippen molar-refractivity contribution >= 4 is 10.1 Å². The molecule has 0 aliphatic rings. The van der Waals surface area contributed by atoms with Gasteiger partial charge in [-0.1, -0.05) is 98.5 Å². The Morgan fingerprint density at radius 3 is 1.62 bits per heavy atom. The minimum atomic E-state index is -4.35. The van der Waals surface area contributed by atoms with Gasteiger partial charge in [-0.25, -0.2) is 0 Å². The molecule has 3 atom stereocenters. The van der Waals surface area contributed by atoms with Gasteiger partial charge in [0.15, 0.2) is 0 Å². The lowest BCUT2D eigenvalue weighted by Crippen LogP contribution is -2.08. The Labute approximate surface area is 198 Å². The van der Waals surface area contributed by atoms with Crippen molar-refractivity contribution in [3.63, 3.8) is 0 Å². The van der Waals surface area contributed by atoms with Crippen molar-refractivity contribution in [3.05, 3.63) is 23.3 Å². The number of phenols is 1. The molecule has 1 rings (SSSR count). The normalized spacial score (nSPS) is 15.1. The lowest BCUT2D eigenvalue weighted by atomic mass is 9.90. The number of aryl methyl sites for hydroxylation is 1. The van der Waals surface area contributed by atoms with Crippen LogP contribution in [-0.2, 0) is 16.5 Å². The van der Waals surface area contributed by atoms with Gasteiger partial charge in [0, 0.05) is 5.56 Å². The smallest absolute Gasteiger partial charge is 0.295 e. The van der Waals surface area contributed by atoms with Gasteiger partial charge in [-0.05, 0) is 55.1 Å². The Balaban J connectivity index is 2.32. The molecule has 5 heteroatoms. The second kappa shape index (κ2) is 14.2. The van der Waals surface area contributed by atoms with Crippen LogP contribution < -0.4 is 0 Å². The van der Waals surface area contributed by atoms with Gasteiger partial charge in [-0.2, -0.15) is 8.42 Å². The fourth-order valence-electron chi connectivity index (χ4n) is 4.66. The van der Waals surface area contributed by atoms with E-state index in [0.29, 0.717) is 23.5 Å². The van der Waals surface area contributed by atoms with E-state index in [0.717, 1.165) is 30.6 Å². The number of aromatic hydroxyl groups is 1. The predicted octanol–water partition coefficient (Wildman–Crippen LogP) is 7.96. The summed E-state index contributed by atoms with van der Waals surface area (Å²) in [6.45, 7) is 13.2. The van der Waals surface area contributed by atoms with E-state index < -0.39 is 10.1 Å². The minimum absolute atomic E-state index is 0.0533. The lowest BCUT2D eigenvalue weighted by molar-refractivity contribution is 0.373. The maximum atomic E-state index is 11.8. The molecule has 186 valence electrons. The Kier molecular flexibility index (Phi) is 12.9. The summed E-state index contributed by atoms with van der Waals surface area (Å²) in [5.41, 5.74) is 0.811. The van der Waals surface area contributed by atoms with Crippen molar-refractivity contribution < 1.29 is 18.1 Å². The monoisotopic (exact) mass is 468 g/mol. The van der Waals surface area contributed by atoms with Gasteiger partial charge < -0.3 is 5.11 Å². The van der Waals surface area contributed by atoms with Crippen LogP contribution in [0.2, 0.25) is 0 Å². The summed E-state index contributed by atoms with van der Waals surface area (Å²) < 4.78 is 33.1. The molecule has 2 N–H and O–H groups in total. The van der Waals surface area contributed by atoms with E-state index in [1.807, 2.05) is 0 Å². The molecule has 0 aliphatic carbocycles. The number of benzene rings is 1. The van der Waals surface area contributed by atoms with Crippen molar-refractivity contribution in [3.8, 4) is 5.75 Å². The number of phenolic OH excluding ortho intramolecular Hbond substituents is 1. The molecule has 32 heavy (non-hydrogen) atoms.